The van der Waals surface area contributed by atoms with Crippen LogP contribution in [-0.4, -0.2) is 31.6 Å². The second-order valence-electron chi connectivity index (χ2n) is 7.60. The molecule has 1 aromatic carbocycles. The molecule has 0 saturated heterocycles. The highest BCUT2D eigenvalue weighted by Gasteiger charge is 2.19. The van der Waals surface area contributed by atoms with Gasteiger partial charge in [0, 0.05) is 4.88 Å². The van der Waals surface area contributed by atoms with Gasteiger partial charge in [0.25, 0.3) is 11.4 Å². The van der Waals surface area contributed by atoms with E-state index in [0.29, 0.717) is 41.6 Å². The van der Waals surface area contributed by atoms with Crippen molar-refractivity contribution in [2.75, 3.05) is 6.54 Å². The summed E-state index contributed by atoms with van der Waals surface area (Å²) in [5.74, 6) is 1.80. The van der Waals surface area contributed by atoms with Crippen molar-refractivity contribution in [3.05, 3.63) is 62.8 Å². The number of thiophene rings is 1. The number of nitrogens with one attached hydrogen (secondary N) is 1. The molecule has 3 aromatic heterocycles. The van der Waals surface area contributed by atoms with Gasteiger partial charge in [-0.1, -0.05) is 19.1 Å². The fourth-order valence-corrected chi connectivity index (χ4v) is 5.08. The van der Waals surface area contributed by atoms with Crippen molar-refractivity contribution in [1.82, 2.24) is 25.1 Å². The lowest BCUT2D eigenvalue weighted by Crippen LogP contribution is -2.25. The molecule has 0 fully saturated rings. The van der Waals surface area contributed by atoms with Crippen molar-refractivity contribution in [1.29, 1.82) is 0 Å². The smallest absolute Gasteiger partial charge is 0.258 e. The minimum Gasteiger partial charge on any atom is -0.419 e. The SMILES string of the molecule is CCN(Cc1nc2ccccc2c(=O)[nH]1)Cc1nnc(-c2cc3c(s2)CCCC3)o1. The van der Waals surface area contributed by atoms with Crippen LogP contribution < -0.4 is 5.56 Å². The number of hydrogen-bond acceptors (Lipinski definition) is 7. The number of para-hydroxylation sites is 1. The third kappa shape index (κ3) is 3.80. The lowest BCUT2D eigenvalue weighted by atomic mass is 9.99. The van der Waals surface area contributed by atoms with E-state index in [1.165, 1.54) is 23.3 Å². The van der Waals surface area contributed by atoms with E-state index in [1.807, 2.05) is 18.2 Å². The van der Waals surface area contributed by atoms with E-state index >= 15 is 0 Å². The molecular weight excluding hydrogens is 398 g/mol. The van der Waals surface area contributed by atoms with Gasteiger partial charge in [-0.15, -0.1) is 21.5 Å². The zero-order valence-corrected chi connectivity index (χ0v) is 17.7. The first kappa shape index (κ1) is 19.1. The number of fused-ring (bicyclic) bond motifs is 2. The lowest BCUT2D eigenvalue weighted by molar-refractivity contribution is 0.238. The number of rotatable bonds is 6. The van der Waals surface area contributed by atoms with Crippen molar-refractivity contribution in [2.24, 2.45) is 0 Å². The van der Waals surface area contributed by atoms with Crippen molar-refractivity contribution >= 4 is 22.2 Å². The molecule has 0 radical (unpaired) electrons. The van der Waals surface area contributed by atoms with Gasteiger partial charge in [0.15, 0.2) is 0 Å². The Labute approximate surface area is 177 Å². The second-order valence-corrected chi connectivity index (χ2v) is 8.74. The number of aromatic nitrogens is 4. The Morgan fingerprint density at radius 3 is 2.90 bits per heavy atom. The monoisotopic (exact) mass is 421 g/mol. The van der Waals surface area contributed by atoms with Crippen LogP contribution in [0.4, 0.5) is 0 Å². The van der Waals surface area contributed by atoms with Crippen LogP contribution in [0.15, 0.2) is 39.5 Å². The quantitative estimate of drug-likeness (QED) is 0.507. The zero-order valence-electron chi connectivity index (χ0n) is 16.9. The zero-order chi connectivity index (χ0) is 20.5. The van der Waals surface area contributed by atoms with Crippen LogP contribution in [0.25, 0.3) is 21.7 Å². The number of aromatic amines is 1. The van der Waals surface area contributed by atoms with Crippen molar-refractivity contribution in [3.8, 4) is 10.8 Å². The van der Waals surface area contributed by atoms with Crippen LogP contribution in [0.2, 0.25) is 0 Å². The molecule has 0 spiro atoms. The molecule has 7 nitrogen and oxygen atoms in total. The Morgan fingerprint density at radius 2 is 2.03 bits per heavy atom. The van der Waals surface area contributed by atoms with E-state index in [0.717, 1.165) is 24.3 Å². The molecule has 1 aliphatic carbocycles. The maximum Gasteiger partial charge on any atom is 0.258 e. The normalized spacial score (nSPS) is 13.8. The summed E-state index contributed by atoms with van der Waals surface area (Å²) in [6, 6.07) is 9.57. The third-order valence-corrected chi connectivity index (χ3v) is 6.74. The Bertz CT molecular complexity index is 1220. The van der Waals surface area contributed by atoms with Crippen LogP contribution >= 0.6 is 11.3 Å². The number of hydrogen-bond donors (Lipinski definition) is 1. The molecule has 1 aliphatic rings. The molecule has 5 rings (SSSR count). The lowest BCUT2D eigenvalue weighted by Gasteiger charge is -2.17. The molecule has 0 aliphatic heterocycles. The van der Waals surface area contributed by atoms with Crippen LogP contribution in [0, 0.1) is 0 Å². The van der Waals surface area contributed by atoms with E-state index in [4.69, 9.17) is 4.42 Å². The van der Waals surface area contributed by atoms with Gasteiger partial charge in [-0.25, -0.2) is 4.98 Å². The Balaban J connectivity index is 1.32. The van der Waals surface area contributed by atoms with Gasteiger partial charge in [0.2, 0.25) is 5.89 Å². The first-order chi connectivity index (χ1) is 14.7. The van der Waals surface area contributed by atoms with Gasteiger partial charge in [0.05, 0.1) is 28.9 Å². The molecule has 1 N–H and O–H groups in total. The average molecular weight is 422 g/mol. The van der Waals surface area contributed by atoms with Gasteiger partial charge >= 0.3 is 0 Å². The van der Waals surface area contributed by atoms with Crippen LogP contribution in [0.1, 0.15) is 41.9 Å². The summed E-state index contributed by atoms with van der Waals surface area (Å²) >= 11 is 1.77. The predicted octanol–water partition coefficient (Wildman–Crippen LogP) is 3.94. The molecule has 3 heterocycles. The fraction of sp³-hybridized carbons (Fsp3) is 0.364. The van der Waals surface area contributed by atoms with E-state index in [-0.39, 0.29) is 5.56 Å². The van der Waals surface area contributed by atoms with E-state index in [9.17, 15) is 4.79 Å². The summed E-state index contributed by atoms with van der Waals surface area (Å²) in [5.41, 5.74) is 2.02. The molecule has 0 amide bonds. The van der Waals surface area contributed by atoms with Gasteiger partial charge in [-0.05, 0) is 56.0 Å². The minimum absolute atomic E-state index is 0.117. The Hall–Kier alpha value is -2.84. The molecule has 0 atom stereocenters. The molecule has 0 bridgehead atoms. The van der Waals surface area contributed by atoms with Gasteiger partial charge in [-0.3, -0.25) is 9.69 Å². The summed E-state index contributed by atoms with van der Waals surface area (Å²) in [7, 11) is 0. The molecule has 30 heavy (non-hydrogen) atoms. The predicted molar refractivity (Wildman–Crippen MR) is 116 cm³/mol. The summed E-state index contributed by atoms with van der Waals surface area (Å²) in [4.78, 5) is 24.4. The van der Waals surface area contributed by atoms with Crippen molar-refractivity contribution in [3.63, 3.8) is 0 Å². The number of benzene rings is 1. The summed E-state index contributed by atoms with van der Waals surface area (Å²) in [5, 5.41) is 9.13. The average Bonchev–Trinajstić information content (AvgIpc) is 3.40. The molecular formula is C22H23N5O2S. The highest BCUT2D eigenvalue weighted by atomic mass is 32.1. The Morgan fingerprint density at radius 1 is 1.17 bits per heavy atom. The highest BCUT2D eigenvalue weighted by molar-refractivity contribution is 7.15. The van der Waals surface area contributed by atoms with Crippen LogP contribution in [0.3, 0.4) is 0 Å². The third-order valence-electron chi connectivity index (χ3n) is 5.52. The first-order valence-electron chi connectivity index (χ1n) is 10.3. The number of nitrogens with zero attached hydrogens (tertiary/aromatic N) is 4. The second kappa shape index (κ2) is 8.12. The van der Waals surface area contributed by atoms with Crippen molar-refractivity contribution in [2.45, 2.75) is 45.7 Å². The number of H-pyrrole nitrogens is 1. The van der Waals surface area contributed by atoms with Gasteiger partial charge in [0.1, 0.15) is 5.82 Å². The Kier molecular flexibility index (Phi) is 5.18. The van der Waals surface area contributed by atoms with E-state index in [2.05, 4.69) is 38.1 Å². The molecule has 8 heteroatoms. The first-order valence-corrected chi connectivity index (χ1v) is 11.2. The van der Waals surface area contributed by atoms with E-state index in [1.54, 1.807) is 17.4 Å². The molecule has 154 valence electrons. The van der Waals surface area contributed by atoms with Gasteiger partial charge in [-0.2, -0.15) is 0 Å². The summed E-state index contributed by atoms with van der Waals surface area (Å²) in [6.07, 6.45) is 4.82. The maximum atomic E-state index is 12.3. The molecule has 0 unspecified atom stereocenters. The summed E-state index contributed by atoms with van der Waals surface area (Å²) in [6.45, 7) is 3.83. The topological polar surface area (TPSA) is 87.9 Å². The molecule has 4 aromatic rings. The standard InChI is InChI=1S/C22H23N5O2S/c1-2-27(12-19-23-16-9-5-4-8-15(16)21(28)24-19)13-20-25-26-22(29-20)18-11-14-7-3-6-10-17(14)30-18/h4-5,8-9,11H,2-3,6-7,10,12-13H2,1H3,(H,23,24,28). The van der Waals surface area contributed by atoms with Crippen LogP contribution in [0.5, 0.6) is 0 Å². The van der Waals surface area contributed by atoms with Crippen molar-refractivity contribution < 1.29 is 4.42 Å². The summed E-state index contributed by atoms with van der Waals surface area (Å²) < 4.78 is 5.97. The minimum atomic E-state index is -0.117. The van der Waals surface area contributed by atoms with Crippen LogP contribution in [-0.2, 0) is 25.9 Å². The maximum absolute atomic E-state index is 12.3. The largest absolute Gasteiger partial charge is 0.419 e. The number of aryl methyl sites for hydroxylation is 2. The van der Waals surface area contributed by atoms with E-state index < -0.39 is 0 Å². The highest BCUT2D eigenvalue weighted by Crippen LogP contribution is 2.35. The fourth-order valence-electron chi connectivity index (χ4n) is 3.91. The molecule has 0 saturated carbocycles. The van der Waals surface area contributed by atoms with Gasteiger partial charge < -0.3 is 9.40 Å².